The van der Waals surface area contributed by atoms with Crippen LogP contribution >= 0.6 is 34.8 Å². The molecule has 2 amide bonds. The van der Waals surface area contributed by atoms with Crippen molar-refractivity contribution >= 4 is 63.6 Å². The fourth-order valence-corrected chi connectivity index (χ4v) is 7.12. The van der Waals surface area contributed by atoms with Crippen LogP contribution in [0.2, 0.25) is 15.1 Å². The predicted octanol–water partition coefficient (Wildman–Crippen LogP) is 6.51. The van der Waals surface area contributed by atoms with E-state index in [-0.39, 0.29) is 23.8 Å². The Kier molecular flexibility index (Phi) is 8.54. The number of carbonyl (C=O) groups excluding carboxylic acids is 2. The number of rotatable bonds is 6. The van der Waals surface area contributed by atoms with Gasteiger partial charge in [0, 0.05) is 60.4 Å². The molecule has 2 aromatic carbocycles. The van der Waals surface area contributed by atoms with Gasteiger partial charge in [0.15, 0.2) is 5.65 Å². The van der Waals surface area contributed by atoms with Gasteiger partial charge in [-0.15, -0.1) is 5.10 Å². The highest BCUT2D eigenvalue weighted by atomic mass is 35.5. The second kappa shape index (κ2) is 12.8. The van der Waals surface area contributed by atoms with Crippen LogP contribution in [0.5, 0.6) is 0 Å². The molecule has 2 unspecified atom stereocenters. The molecule has 1 saturated heterocycles. The number of aromatic nitrogens is 6. The van der Waals surface area contributed by atoms with E-state index < -0.39 is 0 Å². The summed E-state index contributed by atoms with van der Waals surface area (Å²) in [6, 6.07) is 13.1. The first-order chi connectivity index (χ1) is 22.6. The molecule has 11 nitrogen and oxygen atoms in total. The van der Waals surface area contributed by atoms with Crippen molar-refractivity contribution in [2.75, 3.05) is 36.4 Å². The molecule has 5 aromatic rings. The Morgan fingerprint density at radius 1 is 0.936 bits per heavy atom. The number of anilines is 2. The van der Waals surface area contributed by atoms with Crippen LogP contribution in [0.4, 0.5) is 11.4 Å². The molecule has 4 heterocycles. The van der Waals surface area contributed by atoms with Crippen molar-refractivity contribution < 1.29 is 9.59 Å². The quantitative estimate of drug-likeness (QED) is 0.202. The molecule has 1 aliphatic heterocycles. The van der Waals surface area contributed by atoms with E-state index in [0.717, 1.165) is 47.6 Å². The van der Waals surface area contributed by atoms with E-state index in [1.54, 1.807) is 4.52 Å². The lowest BCUT2D eigenvalue weighted by molar-refractivity contribution is -0.135. The van der Waals surface area contributed by atoms with E-state index in [1.807, 2.05) is 72.1 Å². The molecule has 0 radical (unpaired) electrons. The normalized spacial score (nSPS) is 18.2. The van der Waals surface area contributed by atoms with Crippen LogP contribution < -0.4 is 10.2 Å². The largest absolute Gasteiger partial charge is 0.368 e. The fourth-order valence-electron chi connectivity index (χ4n) is 6.53. The molecule has 1 saturated carbocycles. The van der Waals surface area contributed by atoms with Crippen LogP contribution in [0.1, 0.15) is 47.1 Å². The number of nitrogens with one attached hydrogen (secondary N) is 1. The lowest BCUT2D eigenvalue weighted by Crippen LogP contribution is -2.50. The van der Waals surface area contributed by atoms with Gasteiger partial charge in [-0.25, -0.2) is 14.2 Å². The second-order valence-corrected chi connectivity index (χ2v) is 13.3. The number of carbonyl (C=O) groups is 2. The zero-order chi connectivity index (χ0) is 32.8. The van der Waals surface area contributed by atoms with E-state index in [1.165, 1.54) is 6.20 Å². The van der Waals surface area contributed by atoms with Crippen molar-refractivity contribution in [1.29, 1.82) is 0 Å². The molecule has 2 aliphatic rings. The first-order valence-corrected chi connectivity index (χ1v) is 16.6. The predicted molar refractivity (Wildman–Crippen MR) is 183 cm³/mol. The van der Waals surface area contributed by atoms with Crippen LogP contribution in [0.3, 0.4) is 0 Å². The molecule has 1 aliphatic carbocycles. The van der Waals surface area contributed by atoms with Crippen molar-refractivity contribution in [3.63, 3.8) is 0 Å². The summed E-state index contributed by atoms with van der Waals surface area (Å²) in [6.45, 7) is 6.49. The minimum absolute atomic E-state index is 0.0438. The lowest BCUT2D eigenvalue weighted by Gasteiger charge is -2.37. The standard InChI is InChI=1S/C33H32Cl3N9O2/c1-19-13-20(2)45-31(38-19)26(17-37-45)32(46)39-23-6-3-21(4-7-23)29-18-44(41-40-29)24-8-5-22(14-24)33(47)43-11-9-42(10-12-43)25-15-27(34)30(36)28(35)16-25/h3-4,6-7,13,15-18,22,24H,5,8-12,14H2,1-2H3,(H,39,46). The Labute approximate surface area is 286 Å². The second-order valence-electron chi connectivity index (χ2n) is 12.1. The summed E-state index contributed by atoms with van der Waals surface area (Å²) in [5.74, 6) is -0.125. The highest BCUT2D eigenvalue weighted by molar-refractivity contribution is 6.48. The van der Waals surface area contributed by atoms with Crippen LogP contribution in [-0.2, 0) is 4.79 Å². The van der Waals surface area contributed by atoms with Crippen molar-refractivity contribution in [3.8, 4) is 11.3 Å². The molecule has 7 rings (SSSR count). The van der Waals surface area contributed by atoms with E-state index in [9.17, 15) is 9.59 Å². The molecule has 1 N–H and O–H groups in total. The average Bonchev–Trinajstić information content (AvgIpc) is 3.84. The van der Waals surface area contributed by atoms with Gasteiger partial charge in [-0.1, -0.05) is 52.1 Å². The minimum Gasteiger partial charge on any atom is -0.368 e. The van der Waals surface area contributed by atoms with Gasteiger partial charge in [-0.2, -0.15) is 5.10 Å². The van der Waals surface area contributed by atoms with Gasteiger partial charge in [0.25, 0.3) is 5.91 Å². The third kappa shape index (κ3) is 6.27. The molecule has 0 spiro atoms. The molecule has 47 heavy (non-hydrogen) atoms. The zero-order valence-corrected chi connectivity index (χ0v) is 28.1. The first-order valence-electron chi connectivity index (χ1n) is 15.5. The van der Waals surface area contributed by atoms with E-state index >= 15 is 0 Å². The molecular weight excluding hydrogens is 661 g/mol. The van der Waals surface area contributed by atoms with Gasteiger partial charge in [0.2, 0.25) is 5.91 Å². The summed E-state index contributed by atoms with van der Waals surface area (Å²) in [5, 5.41) is 17.3. The molecule has 0 bridgehead atoms. The van der Waals surface area contributed by atoms with Gasteiger partial charge < -0.3 is 15.1 Å². The van der Waals surface area contributed by atoms with Crippen LogP contribution in [0.25, 0.3) is 16.9 Å². The lowest BCUT2D eigenvalue weighted by atomic mass is 10.1. The number of amides is 2. The van der Waals surface area contributed by atoms with Crippen molar-refractivity contribution in [2.24, 2.45) is 5.92 Å². The monoisotopic (exact) mass is 691 g/mol. The Balaban J connectivity index is 0.939. The van der Waals surface area contributed by atoms with E-state index in [0.29, 0.717) is 58.1 Å². The van der Waals surface area contributed by atoms with Gasteiger partial charge in [0.1, 0.15) is 11.3 Å². The number of hydrogen-bond acceptors (Lipinski definition) is 7. The number of hydrogen-bond donors (Lipinski definition) is 1. The maximum Gasteiger partial charge on any atom is 0.261 e. The summed E-state index contributed by atoms with van der Waals surface area (Å²) >= 11 is 18.6. The fraction of sp³-hybridized carbons (Fsp3) is 0.333. The average molecular weight is 693 g/mol. The summed E-state index contributed by atoms with van der Waals surface area (Å²) in [7, 11) is 0. The Hall–Kier alpha value is -4.19. The smallest absolute Gasteiger partial charge is 0.261 e. The summed E-state index contributed by atoms with van der Waals surface area (Å²) < 4.78 is 3.54. The molecular formula is C33H32Cl3N9O2. The highest BCUT2D eigenvalue weighted by Crippen LogP contribution is 2.37. The van der Waals surface area contributed by atoms with E-state index in [2.05, 4.69) is 30.6 Å². The zero-order valence-electron chi connectivity index (χ0n) is 25.8. The van der Waals surface area contributed by atoms with Crippen LogP contribution in [-0.4, -0.2) is 72.5 Å². The summed E-state index contributed by atoms with van der Waals surface area (Å²) in [5.41, 5.74) is 5.83. The molecule has 3 aromatic heterocycles. The molecule has 2 atom stereocenters. The minimum atomic E-state index is -0.278. The maximum atomic E-state index is 13.4. The third-order valence-corrected chi connectivity index (χ3v) is 10.2. The van der Waals surface area contributed by atoms with Gasteiger partial charge in [-0.3, -0.25) is 9.59 Å². The van der Waals surface area contributed by atoms with Gasteiger partial charge >= 0.3 is 0 Å². The van der Waals surface area contributed by atoms with Crippen molar-refractivity contribution in [3.05, 3.63) is 86.9 Å². The van der Waals surface area contributed by atoms with Crippen molar-refractivity contribution in [1.82, 2.24) is 34.5 Å². The van der Waals surface area contributed by atoms with Crippen LogP contribution in [0, 0.1) is 19.8 Å². The topological polar surface area (TPSA) is 114 Å². The van der Waals surface area contributed by atoms with E-state index in [4.69, 9.17) is 34.8 Å². The van der Waals surface area contributed by atoms with Crippen molar-refractivity contribution in [2.45, 2.75) is 39.2 Å². The first kappa shape index (κ1) is 31.4. The summed E-state index contributed by atoms with van der Waals surface area (Å²) in [6.07, 6.45) is 5.88. The number of fused-ring (bicyclic) bond motifs is 1. The number of piperazine rings is 1. The number of benzene rings is 2. The Morgan fingerprint density at radius 2 is 1.66 bits per heavy atom. The Morgan fingerprint density at radius 3 is 2.38 bits per heavy atom. The Bertz CT molecular complexity index is 1960. The van der Waals surface area contributed by atoms with Crippen LogP contribution in [0.15, 0.2) is 54.9 Å². The third-order valence-electron chi connectivity index (χ3n) is 9.02. The highest BCUT2D eigenvalue weighted by Gasteiger charge is 2.35. The number of halogens is 3. The summed E-state index contributed by atoms with van der Waals surface area (Å²) in [4.78, 5) is 35.1. The van der Waals surface area contributed by atoms with Gasteiger partial charge in [0.05, 0.1) is 33.5 Å². The maximum absolute atomic E-state index is 13.4. The number of nitrogens with zero attached hydrogens (tertiary/aromatic N) is 8. The number of aryl methyl sites for hydroxylation is 2. The van der Waals surface area contributed by atoms with Gasteiger partial charge in [-0.05, 0) is 63.4 Å². The molecule has 242 valence electrons. The molecule has 2 fully saturated rings. The SMILES string of the molecule is Cc1cc(C)n2ncc(C(=O)Nc3ccc(-c4cn(C5CCC(C(=O)N6CCN(c7cc(Cl)c(Cl)c(Cl)c7)CC6)C5)nn4)cc3)c2n1. The molecule has 14 heteroatoms.